The number of carbonyl (C=O) groups is 2. The van der Waals surface area contributed by atoms with Gasteiger partial charge >= 0.3 is 11.9 Å². The monoisotopic (exact) mass is 332 g/mol. The van der Waals surface area contributed by atoms with E-state index < -0.39 is 22.0 Å². The normalized spacial score (nSPS) is 13.0. The molecule has 0 aromatic heterocycles. The molecule has 0 aliphatic rings. The fraction of sp³-hybridized carbons (Fsp3) is 0.867. The molecule has 0 heterocycles. The summed E-state index contributed by atoms with van der Waals surface area (Å²) in [4.78, 5) is 25.4. The first-order valence-electron chi connectivity index (χ1n) is 7.85. The third-order valence-electron chi connectivity index (χ3n) is 2.93. The maximum Gasteiger partial charge on any atom is 0.310 e. The van der Waals surface area contributed by atoms with Crippen molar-refractivity contribution < 1.29 is 18.4 Å². The Balaban J connectivity index is 5.52. The van der Waals surface area contributed by atoms with Gasteiger partial charge in [-0.15, -0.1) is 0 Å². The van der Waals surface area contributed by atoms with Crippen LogP contribution in [0.5, 0.6) is 0 Å². The Morgan fingerprint density at radius 1 is 0.762 bits per heavy atom. The fourth-order valence-electron chi connectivity index (χ4n) is 2.22. The Hall–Kier alpha value is -0.626. The Bertz CT molecular complexity index is 331. The minimum Gasteiger partial charge on any atom is -0.519 e. The Morgan fingerprint density at radius 2 is 1.05 bits per heavy atom. The molecule has 0 bridgehead atoms. The molecule has 0 unspecified atom stereocenters. The van der Waals surface area contributed by atoms with Gasteiger partial charge < -0.3 is 8.85 Å². The van der Waals surface area contributed by atoms with Crippen LogP contribution in [0.1, 0.15) is 39.5 Å². The summed E-state index contributed by atoms with van der Waals surface area (Å²) in [7, 11) is -4.08. The van der Waals surface area contributed by atoms with Gasteiger partial charge in [-0.25, -0.2) is 0 Å². The fourth-order valence-corrected chi connectivity index (χ4v) is 3.72. The second-order valence-electron chi connectivity index (χ2n) is 7.59. The Morgan fingerprint density at radius 3 is 1.24 bits per heavy atom. The number of hydrogen-bond donors (Lipinski definition) is 0. The van der Waals surface area contributed by atoms with Crippen LogP contribution < -0.4 is 0 Å². The van der Waals surface area contributed by atoms with E-state index in [4.69, 9.17) is 8.85 Å². The van der Waals surface area contributed by atoms with Crippen molar-refractivity contribution in [2.75, 3.05) is 0 Å². The Kier molecular flexibility index (Phi) is 7.35. The van der Waals surface area contributed by atoms with E-state index in [9.17, 15) is 9.59 Å². The summed E-state index contributed by atoms with van der Waals surface area (Å²) in [6, 6.07) is 0. The summed E-state index contributed by atoms with van der Waals surface area (Å²) >= 11 is 0. The molecule has 21 heavy (non-hydrogen) atoms. The molecule has 0 rings (SSSR count). The van der Waals surface area contributed by atoms with Crippen LogP contribution in [0.2, 0.25) is 39.3 Å². The molecule has 0 fully saturated rings. The lowest BCUT2D eigenvalue weighted by molar-refractivity contribution is -0.163. The number of hydrogen-bond acceptors (Lipinski definition) is 4. The molecule has 0 aromatic carbocycles. The highest BCUT2D eigenvalue weighted by molar-refractivity contribution is 6.72. The van der Waals surface area contributed by atoms with Gasteiger partial charge in [-0.3, -0.25) is 9.59 Å². The van der Waals surface area contributed by atoms with E-state index in [2.05, 4.69) is 0 Å². The van der Waals surface area contributed by atoms with Gasteiger partial charge in [0.25, 0.3) is 0 Å². The standard InChI is InChI=1S/C15H32O4Si2/c1-9-11-15(12-10-2,13(16)18-20(3,4)5)14(17)19-21(6,7)8/h9-12H2,1-8H3. The Labute approximate surface area is 131 Å². The predicted molar refractivity (Wildman–Crippen MR) is 91.1 cm³/mol. The highest BCUT2D eigenvalue weighted by Gasteiger charge is 2.49. The first-order valence-corrected chi connectivity index (χ1v) is 14.7. The molecule has 0 saturated heterocycles. The van der Waals surface area contributed by atoms with Gasteiger partial charge in [0, 0.05) is 0 Å². The van der Waals surface area contributed by atoms with E-state index in [1.54, 1.807) is 0 Å². The van der Waals surface area contributed by atoms with Crippen LogP contribution in [0.4, 0.5) is 0 Å². The summed E-state index contributed by atoms with van der Waals surface area (Å²) in [5.74, 6) is -0.762. The van der Waals surface area contributed by atoms with Crippen molar-refractivity contribution in [1.29, 1.82) is 0 Å². The molecule has 0 amide bonds. The van der Waals surface area contributed by atoms with Crippen molar-refractivity contribution in [2.24, 2.45) is 5.41 Å². The maximum atomic E-state index is 12.7. The average molecular weight is 333 g/mol. The van der Waals surface area contributed by atoms with Crippen molar-refractivity contribution in [3.63, 3.8) is 0 Å². The van der Waals surface area contributed by atoms with Gasteiger partial charge in [0.05, 0.1) is 0 Å². The first kappa shape index (κ1) is 20.4. The van der Waals surface area contributed by atoms with Crippen LogP contribution in [0, 0.1) is 5.41 Å². The van der Waals surface area contributed by atoms with Crippen molar-refractivity contribution >= 4 is 28.6 Å². The zero-order valence-corrected chi connectivity index (χ0v) is 17.0. The maximum absolute atomic E-state index is 12.7. The van der Waals surface area contributed by atoms with E-state index in [-0.39, 0.29) is 11.9 Å². The SMILES string of the molecule is CCCC(CCC)(C(=O)O[Si](C)(C)C)C(=O)O[Si](C)(C)C. The van der Waals surface area contributed by atoms with Gasteiger partial charge in [-0.2, -0.15) is 0 Å². The van der Waals surface area contributed by atoms with Gasteiger partial charge in [0.1, 0.15) is 0 Å². The topological polar surface area (TPSA) is 52.6 Å². The van der Waals surface area contributed by atoms with E-state index in [1.165, 1.54) is 0 Å². The van der Waals surface area contributed by atoms with Crippen molar-refractivity contribution in [3.05, 3.63) is 0 Å². The van der Waals surface area contributed by atoms with Crippen LogP contribution in [-0.2, 0) is 18.4 Å². The molecule has 0 spiro atoms. The molecular formula is C15H32O4Si2. The van der Waals surface area contributed by atoms with Crippen molar-refractivity contribution in [3.8, 4) is 0 Å². The number of carbonyl (C=O) groups excluding carboxylic acids is 2. The van der Waals surface area contributed by atoms with Crippen LogP contribution in [0.25, 0.3) is 0 Å². The molecule has 0 saturated carbocycles. The summed E-state index contributed by atoms with van der Waals surface area (Å²) in [6.45, 7) is 15.7. The molecule has 0 aliphatic carbocycles. The van der Waals surface area contributed by atoms with Crippen LogP contribution in [0.15, 0.2) is 0 Å². The predicted octanol–water partition coefficient (Wildman–Crippen LogP) is 4.33. The smallest absolute Gasteiger partial charge is 0.310 e. The molecular weight excluding hydrogens is 300 g/mol. The third-order valence-corrected chi connectivity index (χ3v) is 4.53. The van der Waals surface area contributed by atoms with Gasteiger partial charge in [0.15, 0.2) is 5.41 Å². The minimum absolute atomic E-state index is 0.381. The lowest BCUT2D eigenvalue weighted by Crippen LogP contribution is -2.48. The average Bonchev–Trinajstić information content (AvgIpc) is 2.23. The molecule has 124 valence electrons. The van der Waals surface area contributed by atoms with Gasteiger partial charge in [0.2, 0.25) is 16.6 Å². The van der Waals surface area contributed by atoms with Crippen LogP contribution in [-0.4, -0.2) is 28.6 Å². The highest BCUT2D eigenvalue weighted by Crippen LogP contribution is 2.35. The number of rotatable bonds is 8. The molecule has 0 atom stereocenters. The van der Waals surface area contributed by atoms with E-state index in [0.717, 1.165) is 12.8 Å². The third kappa shape index (κ3) is 6.78. The molecule has 0 radical (unpaired) electrons. The van der Waals surface area contributed by atoms with Gasteiger partial charge in [-0.05, 0) is 52.1 Å². The second-order valence-corrected chi connectivity index (χ2v) is 16.4. The van der Waals surface area contributed by atoms with E-state index in [1.807, 2.05) is 53.1 Å². The van der Waals surface area contributed by atoms with Crippen molar-refractivity contribution in [1.82, 2.24) is 0 Å². The quantitative estimate of drug-likeness (QED) is 0.490. The minimum atomic E-state index is -2.04. The summed E-state index contributed by atoms with van der Waals surface area (Å²) in [5, 5.41) is 0. The van der Waals surface area contributed by atoms with Gasteiger partial charge in [-0.1, -0.05) is 26.7 Å². The summed E-state index contributed by atoms with van der Waals surface area (Å²) < 4.78 is 11.3. The summed E-state index contributed by atoms with van der Waals surface area (Å²) in [5.41, 5.74) is -1.12. The van der Waals surface area contributed by atoms with Crippen LogP contribution >= 0.6 is 0 Å². The van der Waals surface area contributed by atoms with E-state index >= 15 is 0 Å². The first-order chi connectivity index (χ1) is 9.38. The molecule has 0 N–H and O–H groups in total. The highest BCUT2D eigenvalue weighted by atomic mass is 28.4. The lowest BCUT2D eigenvalue weighted by Gasteiger charge is -2.34. The molecule has 6 heteroatoms. The summed E-state index contributed by atoms with van der Waals surface area (Å²) in [6.07, 6.45) is 2.49. The lowest BCUT2D eigenvalue weighted by atomic mass is 9.79. The second kappa shape index (κ2) is 7.58. The molecule has 4 nitrogen and oxygen atoms in total. The molecule has 0 aliphatic heterocycles. The van der Waals surface area contributed by atoms with E-state index in [0.29, 0.717) is 12.8 Å². The van der Waals surface area contributed by atoms with Crippen LogP contribution in [0.3, 0.4) is 0 Å². The van der Waals surface area contributed by atoms with Crippen molar-refractivity contribution in [2.45, 2.75) is 78.8 Å². The zero-order chi connectivity index (χ0) is 16.9. The molecule has 0 aromatic rings. The largest absolute Gasteiger partial charge is 0.519 e. The zero-order valence-electron chi connectivity index (χ0n) is 15.0.